The molecular weight excluding hydrogens is 208 g/mol. The Kier molecular flexibility index (Phi) is 5.02. The van der Waals surface area contributed by atoms with Gasteiger partial charge in [0.2, 0.25) is 0 Å². The first-order valence-corrected chi connectivity index (χ1v) is 5.80. The maximum atomic E-state index is 11.7. The largest absolute Gasteiger partial charge is 0.353 e. The summed E-state index contributed by atoms with van der Waals surface area (Å²) < 4.78 is 10.7. The van der Waals surface area contributed by atoms with Gasteiger partial charge in [-0.05, 0) is 6.42 Å². The Bertz CT molecular complexity index is 219. The number of hydrogen-bond acceptors (Lipinski definition) is 3. The monoisotopic (exact) mass is 230 g/mol. The summed E-state index contributed by atoms with van der Waals surface area (Å²) in [6, 6.07) is 0.0163. The van der Waals surface area contributed by atoms with Crippen molar-refractivity contribution in [2.75, 3.05) is 33.9 Å². The first-order valence-electron chi connectivity index (χ1n) is 5.80. The van der Waals surface area contributed by atoms with Crippen molar-refractivity contribution in [1.29, 1.82) is 0 Å². The molecule has 1 rings (SSSR count). The zero-order valence-corrected chi connectivity index (χ0v) is 10.4. The molecule has 0 saturated carbocycles. The van der Waals surface area contributed by atoms with E-state index in [-0.39, 0.29) is 6.03 Å². The highest BCUT2D eigenvalue weighted by molar-refractivity contribution is 5.74. The minimum absolute atomic E-state index is 0.0163. The molecule has 5 heteroatoms. The number of hydrogen-bond donors (Lipinski definition) is 1. The molecule has 0 spiro atoms. The minimum Gasteiger partial charge on any atom is -0.353 e. The number of carbonyl (C=O) groups excluding carboxylic acids is 1. The lowest BCUT2D eigenvalue weighted by Gasteiger charge is -2.39. The summed E-state index contributed by atoms with van der Waals surface area (Å²) >= 11 is 0. The zero-order valence-electron chi connectivity index (χ0n) is 10.4. The van der Waals surface area contributed by atoms with E-state index < -0.39 is 5.79 Å². The number of ether oxygens (including phenoxy) is 2. The van der Waals surface area contributed by atoms with Crippen molar-refractivity contribution >= 4 is 6.03 Å². The molecule has 1 heterocycles. The van der Waals surface area contributed by atoms with Crippen molar-refractivity contribution in [3.63, 3.8) is 0 Å². The quantitative estimate of drug-likeness (QED) is 0.738. The van der Waals surface area contributed by atoms with E-state index in [4.69, 9.17) is 9.47 Å². The fourth-order valence-electron chi connectivity index (χ4n) is 1.89. The lowest BCUT2D eigenvalue weighted by atomic mass is 10.0. The van der Waals surface area contributed by atoms with E-state index in [2.05, 4.69) is 5.32 Å². The second kappa shape index (κ2) is 6.06. The summed E-state index contributed by atoms with van der Waals surface area (Å²) in [4.78, 5) is 13.5. The summed E-state index contributed by atoms with van der Waals surface area (Å²) in [5.41, 5.74) is 0. The highest BCUT2D eigenvalue weighted by Crippen LogP contribution is 2.26. The summed E-state index contributed by atoms with van der Waals surface area (Å²) in [5.74, 6) is -0.498. The molecule has 0 atom stereocenters. The minimum atomic E-state index is -0.498. The molecule has 0 aromatic rings. The first kappa shape index (κ1) is 13.3. The Morgan fingerprint density at radius 3 is 2.31 bits per heavy atom. The molecule has 0 aromatic heterocycles. The van der Waals surface area contributed by atoms with Crippen molar-refractivity contribution in [2.24, 2.45) is 0 Å². The molecule has 1 saturated heterocycles. The van der Waals surface area contributed by atoms with E-state index in [0.717, 1.165) is 25.8 Å². The van der Waals surface area contributed by atoms with E-state index in [1.165, 1.54) is 0 Å². The number of likely N-dealkylation sites (tertiary alicyclic amines) is 1. The molecule has 5 nitrogen and oxygen atoms in total. The molecule has 0 radical (unpaired) electrons. The molecule has 0 aromatic carbocycles. The third-order valence-electron chi connectivity index (χ3n) is 3.08. The summed E-state index contributed by atoms with van der Waals surface area (Å²) in [5, 5.41) is 2.87. The van der Waals surface area contributed by atoms with E-state index in [1.54, 1.807) is 14.2 Å². The number of rotatable bonds is 4. The predicted octanol–water partition coefficient (Wildman–Crippen LogP) is 1.19. The van der Waals surface area contributed by atoms with Crippen LogP contribution in [0.5, 0.6) is 0 Å². The maximum Gasteiger partial charge on any atom is 0.317 e. The maximum absolute atomic E-state index is 11.7. The van der Waals surface area contributed by atoms with Gasteiger partial charge in [-0.25, -0.2) is 4.79 Å². The Morgan fingerprint density at radius 2 is 1.88 bits per heavy atom. The predicted molar refractivity (Wildman–Crippen MR) is 61.2 cm³/mol. The number of nitrogens with one attached hydrogen (secondary N) is 1. The number of piperidine rings is 1. The van der Waals surface area contributed by atoms with Crippen LogP contribution in [0.25, 0.3) is 0 Å². The van der Waals surface area contributed by atoms with E-state index in [9.17, 15) is 4.79 Å². The third-order valence-corrected chi connectivity index (χ3v) is 3.08. The Hall–Kier alpha value is -0.810. The fourth-order valence-corrected chi connectivity index (χ4v) is 1.89. The van der Waals surface area contributed by atoms with Crippen LogP contribution in [0.15, 0.2) is 0 Å². The number of amides is 2. The third kappa shape index (κ3) is 3.09. The molecule has 0 unspecified atom stereocenters. The number of carbonyl (C=O) groups is 1. The molecule has 1 N–H and O–H groups in total. The normalized spacial score (nSPS) is 19.6. The van der Waals surface area contributed by atoms with Gasteiger partial charge in [-0.1, -0.05) is 6.92 Å². The highest BCUT2D eigenvalue weighted by atomic mass is 16.7. The topological polar surface area (TPSA) is 50.8 Å². The van der Waals surface area contributed by atoms with Crippen LogP contribution in [0, 0.1) is 0 Å². The standard InChI is InChI=1S/C11H22N2O3/c1-4-7-12-10(14)13-8-5-11(15-2,16-3)6-9-13/h4-9H2,1-3H3,(H,12,14). The van der Waals surface area contributed by atoms with E-state index in [1.807, 2.05) is 11.8 Å². The average Bonchev–Trinajstić information content (AvgIpc) is 2.36. The second-order valence-electron chi connectivity index (χ2n) is 4.04. The molecule has 94 valence electrons. The van der Waals surface area contributed by atoms with Crippen molar-refractivity contribution in [1.82, 2.24) is 10.2 Å². The molecular formula is C11H22N2O3. The molecule has 1 aliphatic rings. The van der Waals surface area contributed by atoms with Crippen LogP contribution in [-0.4, -0.2) is 50.6 Å². The van der Waals surface area contributed by atoms with Gasteiger partial charge >= 0.3 is 6.03 Å². The Labute approximate surface area is 97.1 Å². The van der Waals surface area contributed by atoms with Crippen LogP contribution < -0.4 is 5.32 Å². The van der Waals surface area contributed by atoms with Gasteiger partial charge in [0.25, 0.3) is 0 Å². The summed E-state index contributed by atoms with van der Waals surface area (Å²) in [7, 11) is 3.30. The molecule has 2 amide bonds. The van der Waals surface area contributed by atoms with Gasteiger partial charge < -0.3 is 19.7 Å². The van der Waals surface area contributed by atoms with Crippen LogP contribution >= 0.6 is 0 Å². The van der Waals surface area contributed by atoms with Crippen molar-refractivity contribution < 1.29 is 14.3 Å². The van der Waals surface area contributed by atoms with E-state index >= 15 is 0 Å². The molecule has 0 aliphatic carbocycles. The van der Waals surface area contributed by atoms with Crippen molar-refractivity contribution in [3.05, 3.63) is 0 Å². The number of methoxy groups -OCH3 is 2. The molecule has 0 bridgehead atoms. The highest BCUT2D eigenvalue weighted by Gasteiger charge is 2.35. The van der Waals surface area contributed by atoms with E-state index in [0.29, 0.717) is 13.1 Å². The van der Waals surface area contributed by atoms with Crippen LogP contribution in [-0.2, 0) is 9.47 Å². The van der Waals surface area contributed by atoms with Crippen LogP contribution in [0.1, 0.15) is 26.2 Å². The summed E-state index contributed by atoms with van der Waals surface area (Å²) in [6.45, 7) is 4.13. The lowest BCUT2D eigenvalue weighted by molar-refractivity contribution is -0.226. The van der Waals surface area contributed by atoms with Gasteiger partial charge in [-0.2, -0.15) is 0 Å². The Morgan fingerprint density at radius 1 is 1.31 bits per heavy atom. The van der Waals surface area contributed by atoms with Crippen LogP contribution in [0.3, 0.4) is 0 Å². The molecule has 1 fully saturated rings. The molecule has 1 aliphatic heterocycles. The first-order chi connectivity index (χ1) is 7.67. The number of nitrogens with zero attached hydrogens (tertiary/aromatic N) is 1. The smallest absolute Gasteiger partial charge is 0.317 e. The second-order valence-corrected chi connectivity index (χ2v) is 4.04. The Balaban J connectivity index is 2.39. The lowest BCUT2D eigenvalue weighted by Crippen LogP contribution is -2.51. The SMILES string of the molecule is CCCNC(=O)N1CCC(OC)(OC)CC1. The fraction of sp³-hybridized carbons (Fsp3) is 0.909. The zero-order chi connectivity index (χ0) is 12.0. The van der Waals surface area contributed by atoms with Gasteiger partial charge in [0.1, 0.15) is 0 Å². The van der Waals surface area contributed by atoms with Crippen LogP contribution in [0.4, 0.5) is 4.79 Å². The van der Waals surface area contributed by atoms with Gasteiger partial charge in [0.15, 0.2) is 5.79 Å². The van der Waals surface area contributed by atoms with Crippen molar-refractivity contribution in [2.45, 2.75) is 32.0 Å². The van der Waals surface area contributed by atoms with Gasteiger partial charge in [0.05, 0.1) is 0 Å². The van der Waals surface area contributed by atoms with Crippen molar-refractivity contribution in [3.8, 4) is 0 Å². The van der Waals surface area contributed by atoms with Crippen LogP contribution in [0.2, 0.25) is 0 Å². The molecule has 16 heavy (non-hydrogen) atoms. The average molecular weight is 230 g/mol. The summed E-state index contributed by atoms with van der Waals surface area (Å²) in [6.07, 6.45) is 2.40. The van der Waals surface area contributed by atoms with Gasteiger partial charge in [-0.3, -0.25) is 0 Å². The van der Waals surface area contributed by atoms with Gasteiger partial charge in [0, 0.05) is 46.7 Å². The van der Waals surface area contributed by atoms with Gasteiger partial charge in [-0.15, -0.1) is 0 Å². The number of urea groups is 1.